The normalized spacial score (nSPS) is 17.1. The lowest BCUT2D eigenvalue weighted by molar-refractivity contribution is -0.114. The highest BCUT2D eigenvalue weighted by Gasteiger charge is 2.42. The fraction of sp³-hybridized carbons (Fsp3) is 0.286. The summed E-state index contributed by atoms with van der Waals surface area (Å²) in [6, 6.07) is 3.74. The van der Waals surface area contributed by atoms with Crippen LogP contribution in [0.4, 0.5) is 5.82 Å². The van der Waals surface area contributed by atoms with Crippen molar-refractivity contribution in [3.8, 4) is 0 Å². The van der Waals surface area contributed by atoms with Crippen molar-refractivity contribution in [1.82, 2.24) is 9.38 Å². The molecule has 1 amide bonds. The van der Waals surface area contributed by atoms with Crippen molar-refractivity contribution in [3.63, 3.8) is 0 Å². The van der Waals surface area contributed by atoms with E-state index in [1.54, 1.807) is 6.20 Å². The molecule has 2 aromatic rings. The molecule has 1 saturated heterocycles. The van der Waals surface area contributed by atoms with Crippen molar-refractivity contribution in [1.29, 1.82) is 0 Å². The summed E-state index contributed by atoms with van der Waals surface area (Å²) >= 11 is 0. The summed E-state index contributed by atoms with van der Waals surface area (Å²) < 4.78 is 13.3. The van der Waals surface area contributed by atoms with E-state index in [-0.39, 0.29) is 5.91 Å². The van der Waals surface area contributed by atoms with Gasteiger partial charge in [0.2, 0.25) is 5.91 Å². The summed E-state index contributed by atoms with van der Waals surface area (Å²) in [4.78, 5) is 15.4. The molecule has 0 radical (unpaired) electrons. The number of rotatable bonds is 2. The number of imidazole rings is 1. The average Bonchev–Trinajstić information content (AvgIpc) is 2.88. The van der Waals surface area contributed by atoms with Gasteiger partial charge in [0.05, 0.1) is 12.0 Å². The van der Waals surface area contributed by atoms with E-state index in [1.165, 1.54) is 6.92 Å². The van der Waals surface area contributed by atoms with E-state index >= 15 is 0 Å². The second-order valence-electron chi connectivity index (χ2n) is 5.54. The molecule has 1 aliphatic rings. The van der Waals surface area contributed by atoms with Crippen molar-refractivity contribution >= 4 is 30.0 Å². The second kappa shape index (κ2) is 4.63. The second-order valence-corrected chi connectivity index (χ2v) is 5.54. The van der Waals surface area contributed by atoms with E-state index in [0.717, 1.165) is 11.1 Å². The van der Waals surface area contributed by atoms with E-state index in [9.17, 15) is 4.79 Å². The maximum atomic E-state index is 11.1. The standard InChI is InChI=1S/C14H16BN3O3/c1-9-14(3,4)21-15(20-9)11-5-6-13-17-12(16-10(2)19)8-18(13)7-11/h5-8H,1H2,2-4H3,(H,16,19). The molecular weight excluding hydrogens is 269 g/mol. The number of hydrogen-bond donors (Lipinski definition) is 1. The first kappa shape index (κ1) is 13.7. The molecule has 3 rings (SSSR count). The van der Waals surface area contributed by atoms with Gasteiger partial charge < -0.3 is 19.0 Å². The number of fused-ring (bicyclic) bond motifs is 1. The molecule has 0 saturated carbocycles. The molecule has 0 spiro atoms. The van der Waals surface area contributed by atoms with Gasteiger partial charge in [-0.1, -0.05) is 12.6 Å². The molecule has 6 nitrogen and oxygen atoms in total. The molecular formula is C14H16BN3O3. The minimum atomic E-state index is -0.504. The number of pyridine rings is 1. The molecule has 7 heteroatoms. The van der Waals surface area contributed by atoms with Crippen molar-refractivity contribution in [2.75, 3.05) is 5.32 Å². The van der Waals surface area contributed by atoms with Gasteiger partial charge in [0.1, 0.15) is 11.2 Å². The lowest BCUT2D eigenvalue weighted by Crippen LogP contribution is -2.34. The summed E-state index contributed by atoms with van der Waals surface area (Å²) in [5, 5.41) is 2.66. The zero-order valence-corrected chi connectivity index (χ0v) is 12.2. The van der Waals surface area contributed by atoms with Crippen LogP contribution in [0, 0.1) is 0 Å². The number of carbonyl (C=O) groups excluding carboxylic acids is 1. The Kier molecular flexibility index (Phi) is 3.02. The molecule has 3 heterocycles. The fourth-order valence-electron chi connectivity index (χ4n) is 2.15. The maximum absolute atomic E-state index is 11.1. The van der Waals surface area contributed by atoms with Gasteiger partial charge >= 0.3 is 7.12 Å². The summed E-state index contributed by atoms with van der Waals surface area (Å²) in [6.07, 6.45) is 3.61. The Morgan fingerprint density at radius 2 is 2.19 bits per heavy atom. The van der Waals surface area contributed by atoms with Crippen molar-refractivity contribution in [3.05, 3.63) is 36.9 Å². The van der Waals surface area contributed by atoms with Crippen molar-refractivity contribution in [2.24, 2.45) is 0 Å². The minimum Gasteiger partial charge on any atom is -0.534 e. The van der Waals surface area contributed by atoms with Crippen molar-refractivity contribution in [2.45, 2.75) is 26.4 Å². The third-order valence-electron chi connectivity index (χ3n) is 3.37. The number of carbonyl (C=O) groups is 1. The highest BCUT2D eigenvalue weighted by molar-refractivity contribution is 6.62. The molecule has 0 atom stereocenters. The molecule has 0 aromatic carbocycles. The molecule has 1 aliphatic heterocycles. The molecule has 0 aliphatic carbocycles. The minimum absolute atomic E-state index is 0.154. The SMILES string of the molecule is C=C1OB(c2ccc3nc(NC(C)=O)cn3c2)OC1(C)C. The van der Waals surface area contributed by atoms with Crippen LogP contribution in [0.15, 0.2) is 36.9 Å². The molecule has 2 aromatic heterocycles. The predicted molar refractivity (Wildman–Crippen MR) is 80.3 cm³/mol. The van der Waals surface area contributed by atoms with Crippen LogP contribution in [-0.4, -0.2) is 28.0 Å². The Labute approximate surface area is 122 Å². The summed E-state index contributed by atoms with van der Waals surface area (Å²) in [7, 11) is -0.483. The van der Waals surface area contributed by atoms with E-state index in [0.29, 0.717) is 11.6 Å². The third kappa shape index (κ3) is 2.52. The lowest BCUT2D eigenvalue weighted by atomic mass is 9.80. The molecule has 0 bridgehead atoms. The lowest BCUT2D eigenvalue weighted by Gasteiger charge is -2.15. The average molecular weight is 285 g/mol. The Morgan fingerprint density at radius 3 is 2.81 bits per heavy atom. The monoisotopic (exact) mass is 285 g/mol. The molecule has 21 heavy (non-hydrogen) atoms. The van der Waals surface area contributed by atoms with Gasteiger partial charge in [0.25, 0.3) is 0 Å². The number of amides is 1. The fourth-order valence-corrected chi connectivity index (χ4v) is 2.15. The third-order valence-corrected chi connectivity index (χ3v) is 3.37. The Hall–Kier alpha value is -2.28. The topological polar surface area (TPSA) is 64.9 Å². The number of nitrogens with zero attached hydrogens (tertiary/aromatic N) is 2. The summed E-state index contributed by atoms with van der Waals surface area (Å²) in [5.41, 5.74) is 1.09. The first-order valence-corrected chi connectivity index (χ1v) is 6.65. The Bertz CT molecular complexity index is 738. The smallest absolute Gasteiger partial charge is 0.534 e. The van der Waals surface area contributed by atoms with Gasteiger partial charge in [0.15, 0.2) is 5.82 Å². The number of nitrogens with one attached hydrogen (secondary N) is 1. The van der Waals surface area contributed by atoms with Gasteiger partial charge in [-0.2, -0.15) is 0 Å². The Balaban J connectivity index is 1.91. The van der Waals surface area contributed by atoms with Gasteiger partial charge in [-0.15, -0.1) is 0 Å². The molecule has 0 unspecified atom stereocenters. The van der Waals surface area contributed by atoms with Crippen molar-refractivity contribution < 1.29 is 14.1 Å². The van der Waals surface area contributed by atoms with Crippen LogP contribution >= 0.6 is 0 Å². The van der Waals surface area contributed by atoms with Crippen LogP contribution in [0.3, 0.4) is 0 Å². The van der Waals surface area contributed by atoms with Gasteiger partial charge in [0, 0.05) is 18.6 Å². The van der Waals surface area contributed by atoms with Gasteiger partial charge in [-0.3, -0.25) is 4.79 Å². The molecule has 108 valence electrons. The highest BCUT2D eigenvalue weighted by Crippen LogP contribution is 2.29. The first-order chi connectivity index (χ1) is 9.85. The number of anilines is 1. The van der Waals surface area contributed by atoms with Crippen LogP contribution in [0.5, 0.6) is 0 Å². The van der Waals surface area contributed by atoms with Crippen LogP contribution in [0.1, 0.15) is 20.8 Å². The first-order valence-electron chi connectivity index (χ1n) is 6.65. The van der Waals surface area contributed by atoms with Crippen LogP contribution in [0.2, 0.25) is 0 Å². The maximum Gasteiger partial charge on any atom is 0.564 e. The zero-order chi connectivity index (χ0) is 15.2. The van der Waals surface area contributed by atoms with E-state index < -0.39 is 12.7 Å². The van der Waals surface area contributed by atoms with Crippen LogP contribution in [-0.2, 0) is 14.1 Å². The predicted octanol–water partition coefficient (Wildman–Crippen LogP) is 1.33. The quantitative estimate of drug-likeness (QED) is 0.845. The van der Waals surface area contributed by atoms with E-state index in [1.807, 2.05) is 36.6 Å². The van der Waals surface area contributed by atoms with Crippen LogP contribution in [0.25, 0.3) is 5.65 Å². The molecule has 1 fully saturated rings. The van der Waals surface area contributed by atoms with Gasteiger partial charge in [-0.05, 0) is 19.9 Å². The molecule has 1 N–H and O–H groups in total. The summed E-state index contributed by atoms with van der Waals surface area (Å²) in [6.45, 7) is 9.15. The Morgan fingerprint density at radius 1 is 1.43 bits per heavy atom. The largest absolute Gasteiger partial charge is 0.564 e. The van der Waals surface area contributed by atoms with E-state index in [2.05, 4.69) is 16.9 Å². The number of aromatic nitrogens is 2. The van der Waals surface area contributed by atoms with Gasteiger partial charge in [-0.25, -0.2) is 4.98 Å². The zero-order valence-electron chi connectivity index (χ0n) is 12.2. The van der Waals surface area contributed by atoms with E-state index in [4.69, 9.17) is 9.31 Å². The number of hydrogen-bond acceptors (Lipinski definition) is 4. The highest BCUT2D eigenvalue weighted by atomic mass is 16.7. The summed E-state index contributed by atoms with van der Waals surface area (Å²) in [5.74, 6) is 0.967. The van der Waals surface area contributed by atoms with Crippen LogP contribution < -0.4 is 10.8 Å².